The van der Waals surface area contributed by atoms with Gasteiger partial charge < -0.3 is 5.32 Å². The summed E-state index contributed by atoms with van der Waals surface area (Å²) in [7, 11) is 0. The molecule has 0 radical (unpaired) electrons. The number of nitrogens with one attached hydrogen (secondary N) is 1. The summed E-state index contributed by atoms with van der Waals surface area (Å²) in [5.41, 5.74) is 0.951. The van der Waals surface area contributed by atoms with Crippen LogP contribution in [0.2, 0.25) is 0 Å². The summed E-state index contributed by atoms with van der Waals surface area (Å²) < 4.78 is 0. The standard InChI is InChI=1S/C23H31NO/c25-23(24-16-7-2-1-3-8-16)22-14-21-19-11-10-15-6-4-5-9-17(15)18(19)12-13-20(21)22/h1-3,7-8,15,17-22H,4-6,9-14H2,(H,24,25). The van der Waals surface area contributed by atoms with Crippen molar-refractivity contribution in [2.45, 2.75) is 57.8 Å². The maximum atomic E-state index is 12.7. The molecule has 1 N–H and O–H groups in total. The predicted octanol–water partition coefficient (Wildman–Crippen LogP) is 5.50. The predicted molar refractivity (Wildman–Crippen MR) is 101 cm³/mol. The number of amides is 1. The van der Waals surface area contributed by atoms with Gasteiger partial charge in [-0.15, -0.1) is 0 Å². The van der Waals surface area contributed by atoms with E-state index in [0.717, 1.165) is 41.7 Å². The van der Waals surface area contributed by atoms with Crippen LogP contribution in [0.1, 0.15) is 57.8 Å². The second-order valence-corrected chi connectivity index (χ2v) is 9.22. The smallest absolute Gasteiger partial charge is 0.227 e. The number of benzene rings is 1. The van der Waals surface area contributed by atoms with Crippen molar-refractivity contribution in [1.82, 2.24) is 0 Å². The van der Waals surface area contributed by atoms with E-state index in [1.54, 1.807) is 0 Å². The third kappa shape index (κ3) is 2.73. The van der Waals surface area contributed by atoms with Gasteiger partial charge >= 0.3 is 0 Å². The Balaban J connectivity index is 1.24. The lowest BCUT2D eigenvalue weighted by Crippen LogP contribution is -2.54. The number of carbonyl (C=O) groups excluding carboxylic acids is 1. The van der Waals surface area contributed by atoms with Crippen LogP contribution in [0.5, 0.6) is 0 Å². The normalized spacial score (nSPS) is 42.3. The molecule has 4 aliphatic carbocycles. The molecule has 0 heterocycles. The van der Waals surface area contributed by atoms with Crippen molar-refractivity contribution in [2.75, 3.05) is 5.32 Å². The highest BCUT2D eigenvalue weighted by atomic mass is 16.1. The summed E-state index contributed by atoms with van der Waals surface area (Å²) in [5, 5.41) is 3.16. The molecule has 4 fully saturated rings. The first-order valence-corrected chi connectivity index (χ1v) is 10.7. The number of rotatable bonds is 2. The van der Waals surface area contributed by atoms with Gasteiger partial charge in [-0.1, -0.05) is 37.5 Å². The average molecular weight is 338 g/mol. The highest BCUT2D eigenvalue weighted by Gasteiger charge is 2.55. The van der Waals surface area contributed by atoms with Gasteiger partial charge in [0.25, 0.3) is 0 Å². The molecule has 2 heteroatoms. The minimum atomic E-state index is 0.273. The highest BCUT2D eigenvalue weighted by Crippen LogP contribution is 2.61. The molecular formula is C23H31NO. The summed E-state index contributed by atoms with van der Waals surface area (Å²) in [5.74, 6) is 6.09. The Morgan fingerprint density at radius 2 is 1.48 bits per heavy atom. The summed E-state index contributed by atoms with van der Waals surface area (Å²) >= 11 is 0. The molecular weight excluding hydrogens is 306 g/mol. The zero-order chi connectivity index (χ0) is 16.8. The van der Waals surface area contributed by atoms with Crippen molar-refractivity contribution in [3.05, 3.63) is 30.3 Å². The maximum Gasteiger partial charge on any atom is 0.227 e. The van der Waals surface area contributed by atoms with Gasteiger partial charge in [0, 0.05) is 11.6 Å². The molecule has 0 saturated heterocycles. The summed E-state index contributed by atoms with van der Waals surface area (Å²) in [6, 6.07) is 9.97. The second kappa shape index (κ2) is 6.45. The van der Waals surface area contributed by atoms with Crippen LogP contribution in [-0.2, 0) is 4.79 Å². The van der Waals surface area contributed by atoms with Crippen LogP contribution in [0.4, 0.5) is 5.69 Å². The van der Waals surface area contributed by atoms with Crippen molar-refractivity contribution in [3.63, 3.8) is 0 Å². The van der Waals surface area contributed by atoms with Crippen molar-refractivity contribution < 1.29 is 4.79 Å². The first-order chi connectivity index (χ1) is 12.3. The molecule has 1 amide bonds. The number of para-hydroxylation sites is 1. The van der Waals surface area contributed by atoms with E-state index >= 15 is 0 Å². The Kier molecular flexibility index (Phi) is 4.10. The molecule has 2 nitrogen and oxygen atoms in total. The third-order valence-electron chi connectivity index (χ3n) is 8.29. The van der Waals surface area contributed by atoms with Gasteiger partial charge in [-0.3, -0.25) is 4.79 Å². The van der Waals surface area contributed by atoms with Crippen LogP contribution < -0.4 is 5.32 Å². The van der Waals surface area contributed by atoms with E-state index in [9.17, 15) is 4.79 Å². The Hall–Kier alpha value is -1.31. The van der Waals surface area contributed by atoms with Gasteiger partial charge in [-0.05, 0) is 86.2 Å². The van der Waals surface area contributed by atoms with Gasteiger partial charge in [0.1, 0.15) is 0 Å². The monoisotopic (exact) mass is 337 g/mol. The summed E-state index contributed by atoms with van der Waals surface area (Å²) in [4.78, 5) is 12.7. The zero-order valence-corrected chi connectivity index (χ0v) is 15.2. The number of anilines is 1. The second-order valence-electron chi connectivity index (χ2n) is 9.22. The Morgan fingerprint density at radius 3 is 2.36 bits per heavy atom. The number of carbonyl (C=O) groups is 1. The third-order valence-corrected chi connectivity index (χ3v) is 8.29. The van der Waals surface area contributed by atoms with E-state index < -0.39 is 0 Å². The van der Waals surface area contributed by atoms with E-state index in [0.29, 0.717) is 5.92 Å². The zero-order valence-electron chi connectivity index (χ0n) is 15.2. The van der Waals surface area contributed by atoms with Gasteiger partial charge in [0.05, 0.1) is 0 Å². The molecule has 0 aromatic heterocycles. The molecule has 0 spiro atoms. The molecule has 1 aromatic carbocycles. The van der Waals surface area contributed by atoms with E-state index in [4.69, 9.17) is 0 Å². The van der Waals surface area contributed by atoms with Crippen LogP contribution in [0.15, 0.2) is 30.3 Å². The fourth-order valence-corrected chi connectivity index (χ4v) is 7.15. The van der Waals surface area contributed by atoms with Gasteiger partial charge in [0.15, 0.2) is 0 Å². The van der Waals surface area contributed by atoms with Crippen LogP contribution >= 0.6 is 0 Å². The number of hydrogen-bond donors (Lipinski definition) is 1. The van der Waals surface area contributed by atoms with Crippen molar-refractivity contribution in [1.29, 1.82) is 0 Å². The quantitative estimate of drug-likeness (QED) is 0.758. The lowest BCUT2D eigenvalue weighted by Gasteiger charge is -2.59. The first-order valence-electron chi connectivity index (χ1n) is 10.7. The van der Waals surface area contributed by atoms with Gasteiger partial charge in [0.2, 0.25) is 5.91 Å². The Bertz CT molecular complexity index is 626. The van der Waals surface area contributed by atoms with E-state index in [1.165, 1.54) is 51.4 Å². The van der Waals surface area contributed by atoms with E-state index in [1.807, 2.05) is 30.3 Å². The van der Waals surface area contributed by atoms with Crippen molar-refractivity contribution in [2.24, 2.45) is 41.4 Å². The molecule has 1 aromatic rings. The topological polar surface area (TPSA) is 29.1 Å². The van der Waals surface area contributed by atoms with E-state index in [-0.39, 0.29) is 11.8 Å². The minimum Gasteiger partial charge on any atom is -0.326 e. The summed E-state index contributed by atoms with van der Waals surface area (Å²) in [6.45, 7) is 0. The lowest BCUT2D eigenvalue weighted by atomic mass is 9.46. The van der Waals surface area contributed by atoms with Gasteiger partial charge in [-0.25, -0.2) is 0 Å². The Labute approximate surface area is 151 Å². The van der Waals surface area contributed by atoms with Crippen molar-refractivity contribution >= 4 is 11.6 Å². The molecule has 5 rings (SSSR count). The van der Waals surface area contributed by atoms with Crippen molar-refractivity contribution in [3.8, 4) is 0 Å². The summed E-state index contributed by atoms with van der Waals surface area (Å²) in [6.07, 6.45) is 12.8. The van der Waals surface area contributed by atoms with Gasteiger partial charge in [-0.2, -0.15) is 0 Å². The Morgan fingerprint density at radius 1 is 0.760 bits per heavy atom. The molecule has 4 saturated carbocycles. The van der Waals surface area contributed by atoms with Crippen LogP contribution in [0.3, 0.4) is 0 Å². The minimum absolute atomic E-state index is 0.273. The SMILES string of the molecule is O=C(Nc1ccccc1)C1CC2C1CCC1C3CCCCC3CCC12. The molecule has 0 aliphatic heterocycles. The molecule has 7 atom stereocenters. The number of fused-ring (bicyclic) bond motifs is 5. The van der Waals surface area contributed by atoms with E-state index in [2.05, 4.69) is 5.32 Å². The first kappa shape index (κ1) is 15.9. The fourth-order valence-electron chi connectivity index (χ4n) is 7.15. The maximum absolute atomic E-state index is 12.7. The molecule has 0 bridgehead atoms. The average Bonchev–Trinajstić information content (AvgIpc) is 2.62. The largest absolute Gasteiger partial charge is 0.326 e. The van der Waals surface area contributed by atoms with Crippen LogP contribution in [0, 0.1) is 41.4 Å². The fraction of sp³-hybridized carbons (Fsp3) is 0.696. The van der Waals surface area contributed by atoms with Crippen LogP contribution in [-0.4, -0.2) is 5.91 Å². The number of hydrogen-bond acceptors (Lipinski definition) is 1. The lowest BCUT2D eigenvalue weighted by molar-refractivity contribution is -0.140. The van der Waals surface area contributed by atoms with Crippen LogP contribution in [0.25, 0.3) is 0 Å². The molecule has 134 valence electrons. The molecule has 25 heavy (non-hydrogen) atoms. The molecule has 4 aliphatic rings. The highest BCUT2D eigenvalue weighted by molar-refractivity contribution is 5.93. The molecule has 7 unspecified atom stereocenters.